The van der Waals surface area contributed by atoms with Gasteiger partial charge in [-0.25, -0.2) is 8.42 Å². The van der Waals surface area contributed by atoms with Gasteiger partial charge in [-0.3, -0.25) is 19.8 Å². The Labute approximate surface area is 195 Å². The Bertz CT molecular complexity index is 1160. The Kier molecular flexibility index (Phi) is 7.66. The number of hydrogen-bond acceptors (Lipinski definition) is 9. The summed E-state index contributed by atoms with van der Waals surface area (Å²) in [6, 6.07) is 5.28. The average molecular weight is 495 g/mol. The summed E-state index contributed by atoms with van der Waals surface area (Å²) in [6.45, 7) is 2.35. The number of nitrogens with two attached hydrogens (primary N) is 1. The molecule has 34 heavy (non-hydrogen) atoms. The second-order valence-electron chi connectivity index (χ2n) is 7.86. The number of carbonyl (C=O) groups excluding carboxylic acids is 1. The van der Waals surface area contributed by atoms with Crippen LogP contribution in [0.4, 0.5) is 0 Å². The second kappa shape index (κ2) is 10.3. The van der Waals surface area contributed by atoms with Crippen molar-refractivity contribution < 1.29 is 32.5 Å². The van der Waals surface area contributed by atoms with Crippen molar-refractivity contribution >= 4 is 27.7 Å². The number of carboxylic acids is 1. The summed E-state index contributed by atoms with van der Waals surface area (Å²) in [5, 5.41) is 22.8. The van der Waals surface area contributed by atoms with E-state index in [1.165, 1.54) is 13.8 Å². The number of carboxylic acid groups (broad SMARTS) is 1. The first-order chi connectivity index (χ1) is 16.0. The molecule has 1 aromatic carbocycles. The smallest absolute Gasteiger partial charge is 0.323 e. The summed E-state index contributed by atoms with van der Waals surface area (Å²) in [5.74, 6) is -1.97. The zero-order chi connectivity index (χ0) is 25.0. The number of carbonyl (C=O) groups is 2. The first-order valence-corrected chi connectivity index (χ1v) is 11.8. The Balaban J connectivity index is 1.53. The highest BCUT2D eigenvalue weighted by Gasteiger charge is 2.32. The topological polar surface area (TPSA) is 210 Å². The van der Waals surface area contributed by atoms with Crippen LogP contribution in [-0.2, 0) is 24.4 Å². The van der Waals surface area contributed by atoms with Gasteiger partial charge in [0.2, 0.25) is 15.9 Å². The summed E-state index contributed by atoms with van der Waals surface area (Å²) in [6.07, 6.45) is -0.0500. The number of aliphatic carboxylic acids is 1. The van der Waals surface area contributed by atoms with Crippen LogP contribution in [0.5, 0.6) is 0 Å². The fourth-order valence-corrected chi connectivity index (χ4v) is 5.06. The largest absolute Gasteiger partial charge is 0.480 e. The number of rotatable bonds is 10. The van der Waals surface area contributed by atoms with Crippen LogP contribution in [-0.4, -0.2) is 55.1 Å². The summed E-state index contributed by atoms with van der Waals surface area (Å²) in [5.41, 5.74) is 9.89. The normalized spacial score (nSPS) is 19.0. The van der Waals surface area contributed by atoms with Crippen molar-refractivity contribution in [3.05, 3.63) is 46.8 Å². The van der Waals surface area contributed by atoms with Gasteiger partial charge in [-0.1, -0.05) is 29.4 Å². The van der Waals surface area contributed by atoms with Gasteiger partial charge in [0.1, 0.15) is 22.5 Å². The molecule has 0 radical (unpaired) electrons. The molecule has 7 N–H and O–H groups in total. The lowest BCUT2D eigenvalue weighted by atomic mass is 9.99. The third-order valence-electron chi connectivity index (χ3n) is 5.25. The van der Waals surface area contributed by atoms with Gasteiger partial charge in [-0.2, -0.15) is 10.2 Å². The van der Waals surface area contributed by atoms with Gasteiger partial charge >= 0.3 is 5.97 Å². The minimum absolute atomic E-state index is 0.0227. The number of nitrogens with one attached hydrogen (secondary N) is 4. The number of amidine groups is 1. The molecule has 0 bridgehead atoms. The molecule has 0 spiro atoms. The minimum atomic E-state index is -4.23. The van der Waals surface area contributed by atoms with Crippen LogP contribution in [0.2, 0.25) is 0 Å². The number of hydrogen-bond donors (Lipinski definition) is 6. The predicted molar refractivity (Wildman–Crippen MR) is 118 cm³/mol. The van der Waals surface area contributed by atoms with E-state index >= 15 is 0 Å². The van der Waals surface area contributed by atoms with E-state index in [-0.39, 0.29) is 34.6 Å². The molecule has 1 aliphatic rings. The summed E-state index contributed by atoms with van der Waals surface area (Å²) in [4.78, 5) is 29.1. The zero-order valence-corrected chi connectivity index (χ0v) is 19.3. The highest BCUT2D eigenvalue weighted by Crippen LogP contribution is 2.27. The van der Waals surface area contributed by atoms with Crippen LogP contribution in [0.3, 0.4) is 0 Å². The molecule has 14 heteroatoms. The van der Waals surface area contributed by atoms with Crippen LogP contribution in [0.25, 0.3) is 0 Å². The van der Waals surface area contributed by atoms with Crippen molar-refractivity contribution in [2.75, 3.05) is 6.54 Å². The number of hydroxylamine groups is 1. The number of nitrogen functional groups attached to an aromatic ring is 1. The number of benzene rings is 1. The molecule has 13 nitrogen and oxygen atoms in total. The van der Waals surface area contributed by atoms with Crippen molar-refractivity contribution in [2.45, 2.75) is 49.8 Å². The lowest BCUT2D eigenvalue weighted by Gasteiger charge is -2.16. The van der Waals surface area contributed by atoms with E-state index in [4.69, 9.17) is 20.5 Å². The van der Waals surface area contributed by atoms with Crippen molar-refractivity contribution in [1.82, 2.24) is 20.7 Å². The number of sulfonamides is 1. The molecule has 3 atom stereocenters. The van der Waals surface area contributed by atoms with Gasteiger partial charge in [-0.05, 0) is 25.8 Å². The highest BCUT2D eigenvalue weighted by atomic mass is 32.2. The number of aromatic nitrogens is 1. The lowest BCUT2D eigenvalue weighted by Crippen LogP contribution is -2.48. The summed E-state index contributed by atoms with van der Waals surface area (Å²) >= 11 is 0. The quantitative estimate of drug-likeness (QED) is 0.190. The van der Waals surface area contributed by atoms with Crippen LogP contribution in [0.1, 0.15) is 41.5 Å². The van der Waals surface area contributed by atoms with E-state index in [9.17, 15) is 23.1 Å². The molecule has 1 unspecified atom stereocenters. The lowest BCUT2D eigenvalue weighted by molar-refractivity contribution is -0.139. The number of amides is 1. The fourth-order valence-electron chi connectivity index (χ4n) is 3.54. The second-order valence-corrected chi connectivity index (χ2v) is 9.51. The highest BCUT2D eigenvalue weighted by molar-refractivity contribution is 7.89. The van der Waals surface area contributed by atoms with Gasteiger partial charge in [0.05, 0.1) is 18.6 Å². The van der Waals surface area contributed by atoms with E-state index in [0.29, 0.717) is 12.0 Å². The molecule has 184 valence electrons. The van der Waals surface area contributed by atoms with Crippen LogP contribution >= 0.6 is 0 Å². The van der Waals surface area contributed by atoms with E-state index in [1.54, 1.807) is 12.1 Å². The van der Waals surface area contributed by atoms with Crippen LogP contribution in [0, 0.1) is 19.3 Å². The Morgan fingerprint density at radius 1 is 1.32 bits per heavy atom. The monoisotopic (exact) mass is 494 g/mol. The molecule has 1 saturated heterocycles. The van der Waals surface area contributed by atoms with E-state index < -0.39 is 40.6 Å². The number of nitrogens with zero attached hydrogens (tertiary/aromatic N) is 1. The SMILES string of the molecule is Cc1noc(C)c1S(=O)(=O)N[C@@H](CNC(=O)C[C@H]1CC(c2ccc(C(=N)N)cc2)NO1)C(=O)O. The van der Waals surface area contributed by atoms with Gasteiger partial charge in [0.25, 0.3) is 0 Å². The molecule has 0 aliphatic carbocycles. The van der Waals surface area contributed by atoms with Crippen molar-refractivity contribution in [1.29, 1.82) is 5.41 Å². The van der Waals surface area contributed by atoms with Crippen LogP contribution in [0.15, 0.2) is 33.7 Å². The molecule has 2 aromatic rings. The number of aryl methyl sites for hydroxylation is 2. The maximum Gasteiger partial charge on any atom is 0.323 e. The van der Waals surface area contributed by atoms with E-state index in [1.807, 2.05) is 12.1 Å². The Morgan fingerprint density at radius 3 is 2.56 bits per heavy atom. The maximum atomic E-state index is 12.6. The summed E-state index contributed by atoms with van der Waals surface area (Å²) in [7, 11) is -4.23. The molecular weight excluding hydrogens is 468 g/mol. The first kappa shape index (κ1) is 25.3. The van der Waals surface area contributed by atoms with Gasteiger partial charge < -0.3 is 20.7 Å². The third-order valence-corrected chi connectivity index (χ3v) is 6.96. The predicted octanol–water partition coefficient (Wildman–Crippen LogP) is -0.152. The molecule has 2 heterocycles. The van der Waals surface area contributed by atoms with Crippen molar-refractivity contribution in [2.24, 2.45) is 5.73 Å². The van der Waals surface area contributed by atoms with Gasteiger partial charge in [-0.15, -0.1) is 0 Å². The molecule has 0 saturated carbocycles. The standard InChI is InChI=1S/C20H26N6O7S/c1-10-18(11(2)32-24-10)34(30,31)26-16(20(28)29)9-23-17(27)8-14-7-15(25-33-14)12-3-5-13(6-4-12)19(21)22/h3-6,14-16,25-26H,7-9H2,1-2H3,(H3,21,22)(H,23,27)(H,28,29)/t14-,15?,16+/m1/s1. The van der Waals surface area contributed by atoms with Crippen molar-refractivity contribution in [3.63, 3.8) is 0 Å². The fraction of sp³-hybridized carbons (Fsp3) is 0.400. The van der Waals surface area contributed by atoms with Crippen molar-refractivity contribution in [3.8, 4) is 0 Å². The molecule has 1 aromatic heterocycles. The molecule has 1 aliphatic heterocycles. The van der Waals surface area contributed by atoms with Gasteiger partial charge in [0, 0.05) is 12.1 Å². The minimum Gasteiger partial charge on any atom is -0.480 e. The third kappa shape index (κ3) is 5.96. The summed E-state index contributed by atoms with van der Waals surface area (Å²) < 4.78 is 32.0. The zero-order valence-electron chi connectivity index (χ0n) is 18.5. The maximum absolute atomic E-state index is 12.6. The molecule has 3 rings (SSSR count). The van der Waals surface area contributed by atoms with E-state index in [0.717, 1.165) is 5.56 Å². The molecular formula is C20H26N6O7S. The Morgan fingerprint density at radius 2 is 2.00 bits per heavy atom. The first-order valence-electron chi connectivity index (χ1n) is 10.3. The molecule has 1 fully saturated rings. The van der Waals surface area contributed by atoms with Crippen LogP contribution < -0.4 is 21.3 Å². The molecule has 1 amide bonds. The van der Waals surface area contributed by atoms with E-state index in [2.05, 4.69) is 20.7 Å². The average Bonchev–Trinajstić information content (AvgIpc) is 3.37. The van der Waals surface area contributed by atoms with Gasteiger partial charge in [0.15, 0.2) is 5.76 Å². The Hall–Kier alpha value is -3.33.